The Hall–Kier alpha value is -1.76. The number of aryl methyl sites for hydroxylation is 1. The molecule has 0 unspecified atom stereocenters. The molecule has 0 aliphatic carbocycles. The van der Waals surface area contributed by atoms with E-state index in [1.165, 1.54) is 32.4 Å². The number of nitrogens with zero attached hydrogens (tertiary/aromatic N) is 2. The van der Waals surface area contributed by atoms with Crippen molar-refractivity contribution in [2.45, 2.75) is 12.7 Å². The SMILES string of the molecule is COP(=O)(OC)[C@@H](Nc1nonc1C)c1ccccc1F. The molecule has 1 heterocycles. The second-order valence-electron chi connectivity index (χ2n) is 4.17. The quantitative estimate of drug-likeness (QED) is 0.819. The molecule has 1 atom stereocenters. The zero-order valence-corrected chi connectivity index (χ0v) is 12.6. The molecule has 0 amide bonds. The fourth-order valence-corrected chi connectivity index (χ4v) is 3.20. The Morgan fingerprint density at radius 3 is 2.48 bits per heavy atom. The van der Waals surface area contributed by atoms with Gasteiger partial charge >= 0.3 is 7.60 Å². The van der Waals surface area contributed by atoms with Gasteiger partial charge in [-0.3, -0.25) is 4.57 Å². The normalized spacial score (nSPS) is 13.1. The topological polar surface area (TPSA) is 86.5 Å². The molecule has 0 saturated carbocycles. The number of nitrogens with one attached hydrogen (secondary N) is 1. The van der Waals surface area contributed by atoms with E-state index in [2.05, 4.69) is 20.3 Å². The highest BCUT2D eigenvalue weighted by molar-refractivity contribution is 7.54. The lowest BCUT2D eigenvalue weighted by Gasteiger charge is -2.25. The van der Waals surface area contributed by atoms with Gasteiger partial charge in [-0.1, -0.05) is 23.4 Å². The third-order valence-electron chi connectivity index (χ3n) is 2.95. The highest BCUT2D eigenvalue weighted by Gasteiger charge is 2.38. The Morgan fingerprint density at radius 1 is 1.29 bits per heavy atom. The van der Waals surface area contributed by atoms with Crippen molar-refractivity contribution in [1.82, 2.24) is 10.3 Å². The van der Waals surface area contributed by atoms with Gasteiger partial charge in [-0.2, -0.15) is 0 Å². The van der Waals surface area contributed by atoms with Gasteiger partial charge in [0.1, 0.15) is 11.5 Å². The number of rotatable bonds is 6. The first kappa shape index (κ1) is 15.6. The van der Waals surface area contributed by atoms with Gasteiger partial charge in [0.25, 0.3) is 0 Å². The van der Waals surface area contributed by atoms with Gasteiger partial charge in [0.05, 0.1) is 0 Å². The van der Waals surface area contributed by atoms with Crippen molar-refractivity contribution in [3.63, 3.8) is 0 Å². The van der Waals surface area contributed by atoms with E-state index in [1.807, 2.05) is 0 Å². The molecule has 0 fully saturated rings. The van der Waals surface area contributed by atoms with Crippen LogP contribution in [-0.4, -0.2) is 24.5 Å². The lowest BCUT2D eigenvalue weighted by atomic mass is 10.2. The van der Waals surface area contributed by atoms with Crippen LogP contribution in [0.1, 0.15) is 17.0 Å². The van der Waals surface area contributed by atoms with Crippen molar-refractivity contribution in [1.29, 1.82) is 0 Å². The van der Waals surface area contributed by atoms with Crippen LogP contribution in [0.15, 0.2) is 28.9 Å². The van der Waals surface area contributed by atoms with Crippen molar-refractivity contribution in [3.8, 4) is 0 Å². The summed E-state index contributed by atoms with van der Waals surface area (Å²) in [5, 5.41) is 10.1. The molecule has 0 spiro atoms. The van der Waals surface area contributed by atoms with Crippen LogP contribution in [0.4, 0.5) is 10.2 Å². The van der Waals surface area contributed by atoms with E-state index in [0.717, 1.165) is 0 Å². The van der Waals surface area contributed by atoms with Crippen LogP contribution in [0.25, 0.3) is 0 Å². The first-order valence-corrected chi connectivity index (χ1v) is 7.64. The van der Waals surface area contributed by atoms with Gasteiger partial charge in [-0.05, 0) is 18.1 Å². The minimum absolute atomic E-state index is 0.131. The van der Waals surface area contributed by atoms with Crippen LogP contribution in [-0.2, 0) is 13.6 Å². The third-order valence-corrected chi connectivity index (χ3v) is 5.01. The molecule has 1 N–H and O–H groups in total. The fraction of sp³-hybridized carbons (Fsp3) is 0.333. The van der Waals surface area contributed by atoms with Crippen LogP contribution < -0.4 is 5.32 Å². The van der Waals surface area contributed by atoms with Gasteiger partial charge in [0.15, 0.2) is 11.6 Å². The van der Waals surface area contributed by atoms with E-state index in [-0.39, 0.29) is 11.4 Å². The van der Waals surface area contributed by atoms with E-state index in [4.69, 9.17) is 9.05 Å². The minimum atomic E-state index is -3.66. The van der Waals surface area contributed by atoms with Crippen molar-refractivity contribution in [2.24, 2.45) is 0 Å². The van der Waals surface area contributed by atoms with Crippen LogP contribution in [0.2, 0.25) is 0 Å². The molecule has 0 radical (unpaired) electrons. The lowest BCUT2D eigenvalue weighted by Crippen LogP contribution is -2.15. The Balaban J connectivity index is 2.47. The Kier molecular flexibility index (Phi) is 4.72. The Labute approximate surface area is 120 Å². The van der Waals surface area contributed by atoms with Crippen LogP contribution in [0, 0.1) is 12.7 Å². The maximum atomic E-state index is 14.0. The van der Waals surface area contributed by atoms with E-state index in [1.54, 1.807) is 13.0 Å². The van der Waals surface area contributed by atoms with Crippen molar-refractivity contribution >= 4 is 13.4 Å². The lowest BCUT2D eigenvalue weighted by molar-refractivity contribution is 0.267. The van der Waals surface area contributed by atoms with Crippen LogP contribution in [0.5, 0.6) is 0 Å². The van der Waals surface area contributed by atoms with E-state index in [9.17, 15) is 8.96 Å². The van der Waals surface area contributed by atoms with Crippen molar-refractivity contribution in [3.05, 3.63) is 41.3 Å². The number of hydrogen-bond acceptors (Lipinski definition) is 7. The molecule has 21 heavy (non-hydrogen) atoms. The maximum Gasteiger partial charge on any atom is 0.356 e. The van der Waals surface area contributed by atoms with Gasteiger partial charge in [0.2, 0.25) is 0 Å². The molecule has 1 aromatic carbocycles. The first-order chi connectivity index (χ1) is 10.0. The minimum Gasteiger partial charge on any atom is -0.348 e. The van der Waals surface area contributed by atoms with Gasteiger partial charge in [0, 0.05) is 19.8 Å². The standard InChI is InChI=1S/C12H15FN3O4P/c1-8-11(16-20-15-8)14-12(21(17,18-2)19-3)9-6-4-5-7-10(9)13/h4-7,12H,1-3H3,(H,14,16)/t12-/m1/s1. The highest BCUT2D eigenvalue weighted by atomic mass is 31.2. The summed E-state index contributed by atoms with van der Waals surface area (Å²) in [7, 11) is -1.20. The van der Waals surface area contributed by atoms with Gasteiger partial charge in [-0.15, -0.1) is 0 Å². The Bertz CT molecular complexity index is 655. The van der Waals surface area contributed by atoms with Gasteiger partial charge in [-0.25, -0.2) is 9.02 Å². The molecule has 9 heteroatoms. The summed E-state index contributed by atoms with van der Waals surface area (Å²) in [5.74, 6) is -1.39. The van der Waals surface area contributed by atoms with Gasteiger partial charge < -0.3 is 14.4 Å². The molecule has 2 aromatic rings. The summed E-state index contributed by atoms with van der Waals surface area (Å²) < 4.78 is 41.2. The molecular formula is C12H15FN3O4P. The van der Waals surface area contributed by atoms with Crippen LogP contribution >= 0.6 is 7.60 Å². The summed E-state index contributed by atoms with van der Waals surface area (Å²) in [5.41, 5.74) is 0.571. The summed E-state index contributed by atoms with van der Waals surface area (Å²) in [6.45, 7) is 1.64. The number of hydrogen-bond donors (Lipinski definition) is 1. The average Bonchev–Trinajstić information content (AvgIpc) is 2.90. The smallest absolute Gasteiger partial charge is 0.348 e. The zero-order valence-electron chi connectivity index (χ0n) is 11.7. The second-order valence-corrected chi connectivity index (χ2v) is 6.50. The molecule has 1 aromatic heterocycles. The number of aromatic nitrogens is 2. The third kappa shape index (κ3) is 3.12. The molecule has 2 rings (SSSR count). The molecule has 0 saturated heterocycles. The van der Waals surface area contributed by atoms with Crippen molar-refractivity contribution < 1.29 is 22.6 Å². The maximum absolute atomic E-state index is 14.0. The summed E-state index contributed by atoms with van der Waals surface area (Å²) >= 11 is 0. The Morgan fingerprint density at radius 2 is 1.95 bits per heavy atom. The predicted octanol–water partition coefficient (Wildman–Crippen LogP) is 3.11. The molecule has 0 bridgehead atoms. The zero-order chi connectivity index (χ0) is 15.5. The molecule has 0 aliphatic rings. The summed E-state index contributed by atoms with van der Waals surface area (Å²) in [6, 6.07) is 5.90. The number of anilines is 1. The molecule has 7 nitrogen and oxygen atoms in total. The van der Waals surface area contributed by atoms with E-state index < -0.39 is 19.2 Å². The largest absolute Gasteiger partial charge is 0.356 e. The number of benzene rings is 1. The second kappa shape index (κ2) is 6.34. The summed E-state index contributed by atoms with van der Waals surface area (Å²) in [6.07, 6.45) is 0. The van der Waals surface area contributed by atoms with E-state index in [0.29, 0.717) is 5.69 Å². The monoisotopic (exact) mass is 315 g/mol. The van der Waals surface area contributed by atoms with Crippen molar-refractivity contribution in [2.75, 3.05) is 19.5 Å². The van der Waals surface area contributed by atoms with Crippen LogP contribution in [0.3, 0.4) is 0 Å². The fourth-order valence-electron chi connectivity index (χ4n) is 1.80. The molecule has 114 valence electrons. The predicted molar refractivity (Wildman–Crippen MR) is 73.4 cm³/mol. The molecular weight excluding hydrogens is 300 g/mol. The first-order valence-electron chi connectivity index (χ1n) is 6.03. The molecule has 0 aliphatic heterocycles. The van der Waals surface area contributed by atoms with E-state index >= 15 is 0 Å². The highest BCUT2D eigenvalue weighted by Crippen LogP contribution is 2.60. The number of halogens is 1. The summed E-state index contributed by atoms with van der Waals surface area (Å²) in [4.78, 5) is 0. The average molecular weight is 315 g/mol.